The standard InChI is InChI=1S/C20H15NO3/c1-12-6-8-19-17(10-12)21-20(24-19)16-5-3-4-15(13(16)2)18-9-7-14(11-22)23-18/h3-11H,1-2H3. The van der Waals surface area contributed by atoms with Crippen LogP contribution in [0.3, 0.4) is 0 Å². The Labute approximate surface area is 138 Å². The highest BCUT2D eigenvalue weighted by atomic mass is 16.4. The molecule has 0 fully saturated rings. The normalized spacial score (nSPS) is 11.1. The Morgan fingerprint density at radius 3 is 2.58 bits per heavy atom. The zero-order chi connectivity index (χ0) is 16.7. The van der Waals surface area contributed by atoms with Crippen LogP contribution in [-0.4, -0.2) is 11.3 Å². The summed E-state index contributed by atoms with van der Waals surface area (Å²) in [6, 6.07) is 15.3. The maximum absolute atomic E-state index is 10.8. The molecule has 118 valence electrons. The molecule has 4 rings (SSSR count). The minimum absolute atomic E-state index is 0.312. The second-order valence-electron chi connectivity index (χ2n) is 5.79. The summed E-state index contributed by atoms with van der Waals surface area (Å²) < 4.78 is 11.5. The molecule has 0 unspecified atom stereocenters. The molecule has 0 bridgehead atoms. The molecule has 24 heavy (non-hydrogen) atoms. The molecule has 0 N–H and O–H groups in total. The third-order valence-corrected chi connectivity index (χ3v) is 4.12. The maximum Gasteiger partial charge on any atom is 0.227 e. The minimum atomic E-state index is 0.312. The van der Waals surface area contributed by atoms with Gasteiger partial charge in [0, 0.05) is 11.1 Å². The molecular formula is C20H15NO3. The van der Waals surface area contributed by atoms with Crippen LogP contribution in [0.15, 0.2) is 57.4 Å². The van der Waals surface area contributed by atoms with E-state index in [-0.39, 0.29) is 0 Å². The summed E-state index contributed by atoms with van der Waals surface area (Å²) in [5.74, 6) is 1.55. The van der Waals surface area contributed by atoms with Crippen LogP contribution in [0.2, 0.25) is 0 Å². The lowest BCUT2D eigenvalue weighted by molar-refractivity contribution is 0.110. The Hall–Kier alpha value is -3.14. The number of benzene rings is 2. The van der Waals surface area contributed by atoms with Crippen LogP contribution in [0.1, 0.15) is 21.7 Å². The summed E-state index contributed by atoms with van der Waals surface area (Å²) in [5, 5.41) is 0. The number of nitrogens with zero attached hydrogens (tertiary/aromatic N) is 1. The van der Waals surface area contributed by atoms with Gasteiger partial charge in [-0.3, -0.25) is 4.79 Å². The highest BCUT2D eigenvalue weighted by Crippen LogP contribution is 2.33. The van der Waals surface area contributed by atoms with E-state index in [0.29, 0.717) is 23.7 Å². The number of aromatic nitrogens is 1. The molecule has 0 radical (unpaired) electrons. The molecule has 0 saturated heterocycles. The largest absolute Gasteiger partial charge is 0.453 e. The lowest BCUT2D eigenvalue weighted by Crippen LogP contribution is -1.87. The summed E-state index contributed by atoms with van der Waals surface area (Å²) >= 11 is 0. The molecule has 0 aliphatic heterocycles. The van der Waals surface area contributed by atoms with Crippen molar-refractivity contribution < 1.29 is 13.6 Å². The van der Waals surface area contributed by atoms with Gasteiger partial charge >= 0.3 is 0 Å². The fourth-order valence-electron chi connectivity index (χ4n) is 2.85. The molecule has 0 saturated carbocycles. The second-order valence-corrected chi connectivity index (χ2v) is 5.79. The zero-order valence-electron chi connectivity index (χ0n) is 13.4. The van der Waals surface area contributed by atoms with E-state index >= 15 is 0 Å². The molecule has 2 aromatic carbocycles. The van der Waals surface area contributed by atoms with Gasteiger partial charge in [0.2, 0.25) is 5.89 Å². The fraction of sp³-hybridized carbons (Fsp3) is 0.100. The van der Waals surface area contributed by atoms with Gasteiger partial charge < -0.3 is 8.83 Å². The molecular weight excluding hydrogens is 302 g/mol. The first-order chi connectivity index (χ1) is 11.7. The highest BCUT2D eigenvalue weighted by Gasteiger charge is 2.15. The smallest absolute Gasteiger partial charge is 0.227 e. The summed E-state index contributed by atoms with van der Waals surface area (Å²) in [4.78, 5) is 15.4. The van der Waals surface area contributed by atoms with Crippen LogP contribution >= 0.6 is 0 Å². The molecule has 4 nitrogen and oxygen atoms in total. The van der Waals surface area contributed by atoms with Crippen molar-refractivity contribution in [1.82, 2.24) is 4.98 Å². The first-order valence-corrected chi connectivity index (χ1v) is 7.68. The molecule has 0 aliphatic carbocycles. The van der Waals surface area contributed by atoms with Crippen molar-refractivity contribution in [2.45, 2.75) is 13.8 Å². The molecule has 2 aromatic heterocycles. The number of oxazole rings is 1. The van der Waals surface area contributed by atoms with E-state index in [4.69, 9.17) is 8.83 Å². The minimum Gasteiger partial charge on any atom is -0.453 e. The number of aldehydes is 1. The van der Waals surface area contributed by atoms with Crippen molar-refractivity contribution in [3.05, 3.63) is 65.4 Å². The molecule has 4 heteroatoms. The quantitative estimate of drug-likeness (QED) is 0.488. The van der Waals surface area contributed by atoms with Crippen molar-refractivity contribution in [3.8, 4) is 22.8 Å². The molecule has 0 amide bonds. The number of carbonyl (C=O) groups excluding carboxylic acids is 1. The third kappa shape index (κ3) is 2.33. The van der Waals surface area contributed by atoms with Crippen molar-refractivity contribution in [1.29, 1.82) is 0 Å². The lowest BCUT2D eigenvalue weighted by atomic mass is 10.0. The molecule has 2 heterocycles. The Kier molecular flexibility index (Phi) is 3.31. The van der Waals surface area contributed by atoms with E-state index in [9.17, 15) is 4.79 Å². The zero-order valence-corrected chi connectivity index (χ0v) is 13.4. The van der Waals surface area contributed by atoms with Crippen LogP contribution < -0.4 is 0 Å². The van der Waals surface area contributed by atoms with E-state index in [1.807, 2.05) is 50.2 Å². The van der Waals surface area contributed by atoms with Gasteiger partial charge in [0.25, 0.3) is 0 Å². The number of aryl methyl sites for hydroxylation is 1. The Morgan fingerprint density at radius 2 is 1.79 bits per heavy atom. The predicted octanol–water partition coefficient (Wildman–Crippen LogP) is 5.18. The van der Waals surface area contributed by atoms with E-state index in [1.165, 1.54) is 0 Å². The van der Waals surface area contributed by atoms with Crippen LogP contribution in [-0.2, 0) is 0 Å². The van der Waals surface area contributed by atoms with Gasteiger partial charge in [-0.15, -0.1) is 0 Å². The first kappa shape index (κ1) is 14.5. The topological polar surface area (TPSA) is 56.2 Å². The van der Waals surface area contributed by atoms with E-state index in [1.54, 1.807) is 12.1 Å². The average molecular weight is 317 g/mol. The Balaban J connectivity index is 1.85. The van der Waals surface area contributed by atoms with Gasteiger partial charge in [-0.1, -0.05) is 18.2 Å². The molecule has 4 aromatic rings. The molecule has 0 aliphatic rings. The van der Waals surface area contributed by atoms with E-state index < -0.39 is 0 Å². The van der Waals surface area contributed by atoms with Gasteiger partial charge in [0.15, 0.2) is 17.6 Å². The monoisotopic (exact) mass is 317 g/mol. The Morgan fingerprint density at radius 1 is 0.958 bits per heavy atom. The van der Waals surface area contributed by atoms with Crippen LogP contribution in [0.4, 0.5) is 0 Å². The molecule has 0 spiro atoms. The lowest BCUT2D eigenvalue weighted by Gasteiger charge is -2.06. The molecule has 0 atom stereocenters. The van der Waals surface area contributed by atoms with E-state index in [2.05, 4.69) is 4.98 Å². The summed E-state index contributed by atoms with van der Waals surface area (Å²) in [5.41, 5.74) is 5.57. The highest BCUT2D eigenvalue weighted by molar-refractivity contribution is 5.80. The van der Waals surface area contributed by atoms with Crippen molar-refractivity contribution in [2.75, 3.05) is 0 Å². The fourth-order valence-corrected chi connectivity index (χ4v) is 2.85. The number of rotatable bonds is 3. The van der Waals surface area contributed by atoms with Gasteiger partial charge in [0.1, 0.15) is 11.3 Å². The average Bonchev–Trinajstić information content (AvgIpc) is 3.21. The number of furan rings is 1. The van der Waals surface area contributed by atoms with E-state index in [0.717, 1.165) is 33.4 Å². The predicted molar refractivity (Wildman–Crippen MR) is 92.0 cm³/mol. The van der Waals surface area contributed by atoms with Crippen LogP contribution in [0.25, 0.3) is 33.9 Å². The van der Waals surface area contributed by atoms with Crippen molar-refractivity contribution in [2.24, 2.45) is 0 Å². The van der Waals surface area contributed by atoms with Gasteiger partial charge in [-0.25, -0.2) is 4.98 Å². The second kappa shape index (κ2) is 5.49. The number of hydrogen-bond acceptors (Lipinski definition) is 4. The van der Waals surface area contributed by atoms with Crippen LogP contribution in [0.5, 0.6) is 0 Å². The Bertz CT molecular complexity index is 1060. The van der Waals surface area contributed by atoms with Gasteiger partial charge in [0.05, 0.1) is 0 Å². The first-order valence-electron chi connectivity index (χ1n) is 7.68. The maximum atomic E-state index is 10.8. The number of hydrogen-bond donors (Lipinski definition) is 0. The number of fused-ring (bicyclic) bond motifs is 1. The van der Waals surface area contributed by atoms with Crippen LogP contribution in [0, 0.1) is 13.8 Å². The summed E-state index contributed by atoms with van der Waals surface area (Å²) in [6.45, 7) is 4.02. The third-order valence-electron chi connectivity index (χ3n) is 4.12. The summed E-state index contributed by atoms with van der Waals surface area (Å²) in [6.07, 6.45) is 0.700. The number of carbonyl (C=O) groups is 1. The van der Waals surface area contributed by atoms with Gasteiger partial charge in [-0.05, 0) is 55.3 Å². The van der Waals surface area contributed by atoms with Crippen molar-refractivity contribution in [3.63, 3.8) is 0 Å². The summed E-state index contributed by atoms with van der Waals surface area (Å²) in [7, 11) is 0. The SMILES string of the molecule is Cc1ccc2oc(-c3cccc(-c4ccc(C=O)o4)c3C)nc2c1. The van der Waals surface area contributed by atoms with Crippen molar-refractivity contribution >= 4 is 17.4 Å². The van der Waals surface area contributed by atoms with Gasteiger partial charge in [-0.2, -0.15) is 0 Å².